The number of hydrogen-bond acceptors (Lipinski definition) is 8. The molecule has 2 aromatic carbocycles. The van der Waals surface area contributed by atoms with E-state index in [-0.39, 0.29) is 18.4 Å². The highest BCUT2D eigenvalue weighted by Crippen LogP contribution is 2.44. The molecule has 1 unspecified atom stereocenters. The predicted octanol–water partition coefficient (Wildman–Crippen LogP) is 5.25. The summed E-state index contributed by atoms with van der Waals surface area (Å²) >= 11 is 0. The van der Waals surface area contributed by atoms with Crippen LogP contribution >= 0.6 is 0 Å². The fourth-order valence-corrected chi connectivity index (χ4v) is 4.89. The fraction of sp³-hybridized carbons (Fsp3) is 0.533. The molecule has 0 radical (unpaired) electrons. The zero-order chi connectivity index (χ0) is 29.0. The molecule has 9 nitrogen and oxygen atoms in total. The Morgan fingerprint density at radius 2 is 1.82 bits per heavy atom. The number of anilines is 2. The number of phenols is 1. The maximum absolute atomic E-state index is 13.1. The van der Waals surface area contributed by atoms with Gasteiger partial charge in [-0.2, -0.15) is 0 Å². The molecule has 0 spiro atoms. The molecule has 0 saturated carbocycles. The largest absolute Gasteiger partial charge is 0.508 e. The molecule has 4 N–H and O–H groups in total. The first-order chi connectivity index (χ1) is 18.3. The number of cyclic esters (lactones) is 1. The minimum Gasteiger partial charge on any atom is -0.508 e. The molecule has 0 saturated heterocycles. The second-order valence-corrected chi connectivity index (χ2v) is 11.3. The lowest BCUT2D eigenvalue weighted by molar-refractivity contribution is -0.119. The van der Waals surface area contributed by atoms with Crippen molar-refractivity contribution in [1.82, 2.24) is 5.32 Å². The Bertz CT molecular complexity index is 1180. The third-order valence-electron chi connectivity index (χ3n) is 7.45. The van der Waals surface area contributed by atoms with Gasteiger partial charge in [0, 0.05) is 42.9 Å². The highest BCUT2D eigenvalue weighted by molar-refractivity contribution is 5.91. The van der Waals surface area contributed by atoms with E-state index in [1.165, 1.54) is 12.1 Å². The third kappa shape index (κ3) is 6.65. The number of rotatable bonds is 13. The van der Waals surface area contributed by atoms with Crippen molar-refractivity contribution in [2.24, 2.45) is 0 Å². The second-order valence-electron chi connectivity index (χ2n) is 11.3. The van der Waals surface area contributed by atoms with Crippen molar-refractivity contribution in [3.8, 4) is 11.5 Å². The summed E-state index contributed by atoms with van der Waals surface area (Å²) in [5.41, 5.74) is 0.478. The van der Waals surface area contributed by atoms with Crippen LogP contribution in [0.4, 0.5) is 16.2 Å². The van der Waals surface area contributed by atoms with Gasteiger partial charge in [0.25, 0.3) is 0 Å². The van der Waals surface area contributed by atoms with Gasteiger partial charge in [0.2, 0.25) is 0 Å². The fourth-order valence-electron chi connectivity index (χ4n) is 4.89. The first-order valence-electron chi connectivity index (χ1n) is 13.5. The first-order valence-corrected chi connectivity index (χ1v) is 13.5. The number of ether oxygens (including phenoxy) is 2. The van der Waals surface area contributed by atoms with Crippen LogP contribution in [0, 0.1) is 0 Å². The SMILES string of the molecule is CCC1(CC)OC(=O)N(CCC(C)(C)NCC(O)c2cc(O)cc(NC)c2OC(C)(C)C=O)c2ccccc21. The van der Waals surface area contributed by atoms with E-state index in [1.54, 1.807) is 25.8 Å². The van der Waals surface area contributed by atoms with Gasteiger partial charge in [-0.15, -0.1) is 0 Å². The highest BCUT2D eigenvalue weighted by Gasteiger charge is 2.42. The summed E-state index contributed by atoms with van der Waals surface area (Å²) in [6.07, 6.45) is 1.27. The molecule has 0 aliphatic carbocycles. The molecular formula is C30H43N3O6. The molecule has 1 aliphatic heterocycles. The molecule has 1 amide bonds. The quantitative estimate of drug-likeness (QED) is 0.254. The monoisotopic (exact) mass is 541 g/mol. The Kier molecular flexibility index (Phi) is 9.18. The van der Waals surface area contributed by atoms with E-state index in [0.717, 1.165) is 11.3 Å². The minimum absolute atomic E-state index is 0.0403. The van der Waals surface area contributed by atoms with Crippen molar-refractivity contribution in [3.05, 3.63) is 47.5 Å². The van der Waals surface area contributed by atoms with Gasteiger partial charge in [0.15, 0.2) is 11.9 Å². The van der Waals surface area contributed by atoms with E-state index in [0.29, 0.717) is 49.1 Å². The van der Waals surface area contributed by atoms with Crippen molar-refractivity contribution < 1.29 is 29.3 Å². The average Bonchev–Trinajstić information content (AvgIpc) is 2.91. The van der Waals surface area contributed by atoms with Crippen LogP contribution in [0.1, 0.15) is 78.0 Å². The molecular weight excluding hydrogens is 498 g/mol. The summed E-state index contributed by atoms with van der Waals surface area (Å²) in [5.74, 6) is 0.254. The Labute approximate surface area is 231 Å². The number of aliphatic hydroxyl groups is 1. The molecule has 1 aliphatic rings. The van der Waals surface area contributed by atoms with Crippen LogP contribution in [0.5, 0.6) is 11.5 Å². The third-order valence-corrected chi connectivity index (χ3v) is 7.45. The van der Waals surface area contributed by atoms with Crippen LogP contribution in [-0.4, -0.2) is 53.9 Å². The number of aliphatic hydroxyl groups excluding tert-OH is 1. The van der Waals surface area contributed by atoms with Crippen LogP contribution in [0.25, 0.3) is 0 Å². The number of fused-ring (bicyclic) bond motifs is 1. The molecule has 0 bridgehead atoms. The molecule has 2 aromatic rings. The molecule has 214 valence electrons. The topological polar surface area (TPSA) is 120 Å². The lowest BCUT2D eigenvalue weighted by Gasteiger charge is -2.42. The Hall–Kier alpha value is -3.30. The van der Waals surface area contributed by atoms with Gasteiger partial charge in [-0.1, -0.05) is 32.0 Å². The number of carbonyl (C=O) groups is 2. The van der Waals surface area contributed by atoms with Crippen LogP contribution in [0.15, 0.2) is 36.4 Å². The summed E-state index contributed by atoms with van der Waals surface area (Å²) < 4.78 is 11.9. The Morgan fingerprint density at radius 1 is 1.15 bits per heavy atom. The molecule has 9 heteroatoms. The lowest BCUT2D eigenvalue weighted by Crippen LogP contribution is -2.49. The Morgan fingerprint density at radius 3 is 2.44 bits per heavy atom. The van der Waals surface area contributed by atoms with Crippen molar-refractivity contribution >= 4 is 23.8 Å². The normalized spacial score (nSPS) is 15.8. The van der Waals surface area contributed by atoms with Crippen molar-refractivity contribution in [3.63, 3.8) is 0 Å². The molecule has 3 rings (SSSR count). The number of aldehydes is 1. The number of β-amino-alcohol motifs (C(OH)–C–C–N with tert-alkyl or cyclic N) is 1. The van der Waals surface area contributed by atoms with Crippen LogP contribution < -0.4 is 20.3 Å². The summed E-state index contributed by atoms with van der Waals surface area (Å²) in [5, 5.41) is 27.7. The number of nitrogens with one attached hydrogen (secondary N) is 2. The van der Waals surface area contributed by atoms with E-state index in [1.807, 2.05) is 52.0 Å². The number of benzene rings is 2. The van der Waals surface area contributed by atoms with Crippen molar-refractivity contribution in [2.75, 3.05) is 30.4 Å². The van der Waals surface area contributed by atoms with Gasteiger partial charge in [-0.05, 0) is 59.1 Å². The maximum atomic E-state index is 13.1. The number of amides is 1. The van der Waals surface area contributed by atoms with E-state index in [4.69, 9.17) is 9.47 Å². The summed E-state index contributed by atoms with van der Waals surface area (Å²) in [6.45, 7) is 11.9. The lowest BCUT2D eigenvalue weighted by atomic mass is 9.85. The second kappa shape index (κ2) is 11.8. The predicted molar refractivity (Wildman–Crippen MR) is 153 cm³/mol. The van der Waals surface area contributed by atoms with Crippen molar-refractivity contribution in [2.45, 2.75) is 83.6 Å². The Balaban J connectivity index is 1.75. The standard InChI is InChI=1S/C30H43N3O6/c1-8-30(9-2)22-12-10-11-13-24(22)33(27(37)39-30)15-14-28(3,4)32-18-25(36)21-16-20(35)17-23(31-7)26(21)38-29(5,6)19-34/h10-13,16-17,19,25,31-32,35-36H,8-9,14-15,18H2,1-7H3. The van der Waals surface area contributed by atoms with Gasteiger partial charge in [-0.25, -0.2) is 4.79 Å². The number of hydrogen-bond donors (Lipinski definition) is 4. The number of para-hydroxylation sites is 1. The number of carbonyl (C=O) groups excluding carboxylic acids is 2. The number of aromatic hydroxyl groups is 1. The van der Waals surface area contributed by atoms with E-state index < -0.39 is 22.8 Å². The molecule has 0 aromatic heterocycles. The van der Waals surface area contributed by atoms with Gasteiger partial charge in [-0.3, -0.25) is 9.69 Å². The maximum Gasteiger partial charge on any atom is 0.415 e. The average molecular weight is 542 g/mol. The zero-order valence-electron chi connectivity index (χ0n) is 24.1. The summed E-state index contributed by atoms with van der Waals surface area (Å²) in [6, 6.07) is 10.8. The molecule has 0 fully saturated rings. The zero-order valence-corrected chi connectivity index (χ0v) is 24.1. The minimum atomic E-state index is -1.13. The van der Waals surface area contributed by atoms with Crippen LogP contribution in [-0.2, 0) is 15.1 Å². The smallest absolute Gasteiger partial charge is 0.415 e. The van der Waals surface area contributed by atoms with Crippen LogP contribution in [0.2, 0.25) is 0 Å². The van der Waals surface area contributed by atoms with Gasteiger partial charge < -0.3 is 30.3 Å². The van der Waals surface area contributed by atoms with E-state index in [2.05, 4.69) is 10.6 Å². The summed E-state index contributed by atoms with van der Waals surface area (Å²) in [4.78, 5) is 26.3. The van der Waals surface area contributed by atoms with E-state index >= 15 is 0 Å². The number of phenolic OH excluding ortho intramolecular Hbond substituents is 1. The molecule has 39 heavy (non-hydrogen) atoms. The highest BCUT2D eigenvalue weighted by atomic mass is 16.6. The van der Waals surface area contributed by atoms with Gasteiger partial charge in [0.1, 0.15) is 17.1 Å². The molecule has 1 atom stereocenters. The van der Waals surface area contributed by atoms with Crippen molar-refractivity contribution in [1.29, 1.82) is 0 Å². The van der Waals surface area contributed by atoms with Crippen LogP contribution in [0.3, 0.4) is 0 Å². The van der Waals surface area contributed by atoms with Gasteiger partial charge in [0.05, 0.1) is 17.5 Å². The number of nitrogens with zero attached hydrogens (tertiary/aromatic N) is 1. The summed E-state index contributed by atoms with van der Waals surface area (Å²) in [7, 11) is 1.67. The van der Waals surface area contributed by atoms with Gasteiger partial charge >= 0.3 is 6.09 Å². The molecule has 1 heterocycles. The van der Waals surface area contributed by atoms with E-state index in [9.17, 15) is 19.8 Å². The first kappa shape index (κ1) is 30.2.